The van der Waals surface area contributed by atoms with Gasteiger partial charge in [0.15, 0.2) is 0 Å². The Labute approximate surface area is 154 Å². The van der Waals surface area contributed by atoms with E-state index in [1.807, 2.05) is 11.4 Å². The second kappa shape index (κ2) is 7.78. The third-order valence-electron chi connectivity index (χ3n) is 3.79. The number of alkyl halides is 3. The van der Waals surface area contributed by atoms with Crippen LogP contribution in [-0.4, -0.2) is 50.6 Å². The van der Waals surface area contributed by atoms with Crippen molar-refractivity contribution < 1.29 is 37.8 Å². The van der Waals surface area contributed by atoms with Crippen LogP contribution in [0.5, 0.6) is 5.88 Å². The number of nitrogens with zero attached hydrogens (tertiary/aromatic N) is 2. The Morgan fingerprint density at radius 3 is 2.56 bits per heavy atom. The SMILES string of the molecule is NC(=O)[C@H]1CCN(Cc2csc3ccnc(O)c23)C1=O.O=C(O)C(F)(F)F. The van der Waals surface area contributed by atoms with E-state index < -0.39 is 24.0 Å². The van der Waals surface area contributed by atoms with Crippen LogP contribution >= 0.6 is 11.3 Å². The first kappa shape index (κ1) is 20.4. The molecule has 0 bridgehead atoms. The molecule has 0 aromatic carbocycles. The normalized spacial score (nSPS) is 16.9. The summed E-state index contributed by atoms with van der Waals surface area (Å²) in [6.45, 7) is 0.868. The summed E-state index contributed by atoms with van der Waals surface area (Å²) in [5.41, 5.74) is 6.05. The van der Waals surface area contributed by atoms with Gasteiger partial charge in [-0.1, -0.05) is 0 Å². The highest BCUT2D eigenvalue weighted by molar-refractivity contribution is 7.17. The lowest BCUT2D eigenvalue weighted by Gasteiger charge is -2.15. The summed E-state index contributed by atoms with van der Waals surface area (Å²) < 4.78 is 32.7. The van der Waals surface area contributed by atoms with Crippen molar-refractivity contribution in [3.63, 3.8) is 0 Å². The molecule has 12 heteroatoms. The number of pyridine rings is 1. The highest BCUT2D eigenvalue weighted by atomic mass is 32.1. The van der Waals surface area contributed by atoms with Gasteiger partial charge in [-0.25, -0.2) is 9.78 Å². The van der Waals surface area contributed by atoms with Crippen molar-refractivity contribution in [3.8, 4) is 5.88 Å². The molecule has 0 spiro atoms. The quantitative estimate of drug-likeness (QED) is 0.662. The molecule has 2 aromatic heterocycles. The number of carbonyl (C=O) groups is 3. The van der Waals surface area contributed by atoms with Gasteiger partial charge < -0.3 is 20.8 Å². The Morgan fingerprint density at radius 2 is 2.04 bits per heavy atom. The summed E-state index contributed by atoms with van der Waals surface area (Å²) in [4.78, 5) is 37.6. The minimum Gasteiger partial charge on any atom is -0.493 e. The monoisotopic (exact) mass is 405 g/mol. The Hall–Kier alpha value is -2.89. The van der Waals surface area contributed by atoms with E-state index in [2.05, 4.69) is 4.98 Å². The summed E-state index contributed by atoms with van der Waals surface area (Å²) in [6, 6.07) is 1.82. The van der Waals surface area contributed by atoms with E-state index in [0.717, 1.165) is 10.3 Å². The predicted octanol–water partition coefficient (Wildman–Crippen LogP) is 1.47. The molecule has 1 aliphatic heterocycles. The van der Waals surface area contributed by atoms with Crippen LogP contribution in [0.4, 0.5) is 13.2 Å². The minimum absolute atomic E-state index is 0.0307. The van der Waals surface area contributed by atoms with Gasteiger partial charge >= 0.3 is 12.1 Å². The van der Waals surface area contributed by atoms with Crippen molar-refractivity contribution in [1.29, 1.82) is 0 Å². The van der Waals surface area contributed by atoms with Crippen LogP contribution in [0.1, 0.15) is 12.0 Å². The van der Waals surface area contributed by atoms with E-state index in [1.54, 1.807) is 11.1 Å². The number of thiophene rings is 1. The molecule has 1 aliphatic rings. The first-order chi connectivity index (χ1) is 12.5. The lowest BCUT2D eigenvalue weighted by atomic mass is 10.1. The second-order valence-electron chi connectivity index (χ2n) is 5.57. The zero-order chi connectivity index (χ0) is 20.4. The van der Waals surface area contributed by atoms with Gasteiger partial charge in [0.25, 0.3) is 0 Å². The van der Waals surface area contributed by atoms with Crippen molar-refractivity contribution in [2.24, 2.45) is 11.7 Å². The Kier molecular flexibility index (Phi) is 5.88. The average molecular weight is 405 g/mol. The first-order valence-electron chi connectivity index (χ1n) is 7.44. The molecule has 8 nitrogen and oxygen atoms in total. The van der Waals surface area contributed by atoms with Crippen LogP contribution < -0.4 is 5.73 Å². The fourth-order valence-electron chi connectivity index (χ4n) is 2.51. The van der Waals surface area contributed by atoms with Gasteiger partial charge in [-0.2, -0.15) is 13.2 Å². The minimum atomic E-state index is -5.08. The number of halogens is 3. The van der Waals surface area contributed by atoms with Crippen molar-refractivity contribution in [2.45, 2.75) is 19.1 Å². The second-order valence-corrected chi connectivity index (χ2v) is 6.49. The molecule has 1 saturated heterocycles. The maximum Gasteiger partial charge on any atom is 0.490 e. The molecule has 2 amide bonds. The maximum atomic E-state index is 12.0. The number of carboxylic acid groups (broad SMARTS) is 1. The topological polar surface area (TPSA) is 134 Å². The third kappa shape index (κ3) is 4.64. The Balaban J connectivity index is 0.000000321. The standard InChI is InChI=1S/C13H13N3O3S.C2HF3O2/c14-11(17)8-2-4-16(13(8)19)5-7-6-20-9-1-3-15-12(18)10(7)9;3-2(4,5)1(6)7/h1,3,6,8H,2,4-5H2,(H2,14,17)(H,15,18);(H,6,7)/t8-;/m1./s1. The van der Waals surface area contributed by atoms with Crippen molar-refractivity contribution in [3.05, 3.63) is 23.2 Å². The molecule has 1 fully saturated rings. The zero-order valence-corrected chi connectivity index (χ0v) is 14.4. The number of amides is 2. The van der Waals surface area contributed by atoms with Crippen molar-refractivity contribution in [2.75, 3.05) is 6.54 Å². The molecule has 146 valence electrons. The number of hydrogen-bond acceptors (Lipinski definition) is 6. The highest BCUT2D eigenvalue weighted by Gasteiger charge is 2.38. The van der Waals surface area contributed by atoms with Crippen LogP contribution in [0.15, 0.2) is 17.6 Å². The van der Waals surface area contributed by atoms with E-state index in [-0.39, 0.29) is 11.8 Å². The van der Waals surface area contributed by atoms with Gasteiger partial charge in [0.2, 0.25) is 17.7 Å². The molecule has 0 radical (unpaired) electrons. The molecule has 0 saturated carbocycles. The molecular formula is C15H14F3N3O5S. The lowest BCUT2D eigenvalue weighted by Crippen LogP contribution is -2.33. The fraction of sp³-hybridized carbons (Fsp3) is 0.333. The van der Waals surface area contributed by atoms with Crippen LogP contribution in [0.3, 0.4) is 0 Å². The molecule has 3 heterocycles. The number of aliphatic carboxylic acids is 1. The van der Waals surface area contributed by atoms with Gasteiger partial charge in [0.05, 0.1) is 5.39 Å². The van der Waals surface area contributed by atoms with Gasteiger partial charge in [-0.15, -0.1) is 11.3 Å². The van der Waals surface area contributed by atoms with Crippen molar-refractivity contribution >= 4 is 39.2 Å². The number of nitrogens with two attached hydrogens (primary N) is 1. The van der Waals surface area contributed by atoms with Crippen LogP contribution in [0, 0.1) is 5.92 Å². The Morgan fingerprint density at radius 1 is 1.41 bits per heavy atom. The highest BCUT2D eigenvalue weighted by Crippen LogP contribution is 2.33. The Bertz CT molecular complexity index is 883. The molecule has 4 N–H and O–H groups in total. The van der Waals surface area contributed by atoms with E-state index in [9.17, 15) is 27.9 Å². The number of carboxylic acids is 1. The molecule has 3 rings (SSSR count). The summed E-state index contributed by atoms with van der Waals surface area (Å²) in [5.74, 6) is -4.31. The number of aromatic hydroxyl groups is 1. The van der Waals surface area contributed by atoms with Gasteiger partial charge in [-0.05, 0) is 23.4 Å². The molecule has 27 heavy (non-hydrogen) atoms. The predicted molar refractivity (Wildman–Crippen MR) is 87.7 cm³/mol. The van der Waals surface area contributed by atoms with Crippen LogP contribution in [0.25, 0.3) is 10.1 Å². The summed E-state index contributed by atoms with van der Waals surface area (Å²) in [5, 5.41) is 19.5. The molecular weight excluding hydrogens is 391 g/mol. The largest absolute Gasteiger partial charge is 0.493 e. The van der Waals surface area contributed by atoms with E-state index in [1.165, 1.54) is 11.3 Å². The van der Waals surface area contributed by atoms with Gasteiger partial charge in [0.1, 0.15) is 5.92 Å². The number of carbonyl (C=O) groups excluding carboxylic acids is 2. The molecule has 0 unspecified atom stereocenters. The number of primary amides is 1. The van der Waals surface area contributed by atoms with E-state index >= 15 is 0 Å². The van der Waals surface area contributed by atoms with Gasteiger partial charge in [0, 0.05) is 24.0 Å². The van der Waals surface area contributed by atoms with E-state index in [4.69, 9.17) is 15.6 Å². The lowest BCUT2D eigenvalue weighted by molar-refractivity contribution is -0.192. The number of hydrogen-bond donors (Lipinski definition) is 3. The van der Waals surface area contributed by atoms with Crippen molar-refractivity contribution in [1.82, 2.24) is 9.88 Å². The average Bonchev–Trinajstić information content (AvgIpc) is 3.13. The number of likely N-dealkylation sites (tertiary alicyclic amines) is 1. The first-order valence-corrected chi connectivity index (χ1v) is 8.32. The zero-order valence-electron chi connectivity index (χ0n) is 13.6. The molecule has 2 aromatic rings. The third-order valence-corrected chi connectivity index (χ3v) is 4.78. The summed E-state index contributed by atoms with van der Waals surface area (Å²) >= 11 is 1.49. The molecule has 1 atom stereocenters. The van der Waals surface area contributed by atoms with Crippen LogP contribution in [-0.2, 0) is 20.9 Å². The van der Waals surface area contributed by atoms with E-state index in [0.29, 0.717) is 24.9 Å². The smallest absolute Gasteiger partial charge is 0.490 e. The maximum absolute atomic E-state index is 12.0. The number of aromatic nitrogens is 1. The number of rotatable bonds is 3. The van der Waals surface area contributed by atoms with Crippen LogP contribution in [0.2, 0.25) is 0 Å². The molecule has 0 aliphatic carbocycles. The fourth-order valence-corrected chi connectivity index (χ4v) is 3.45. The van der Waals surface area contributed by atoms with Gasteiger partial charge in [-0.3, -0.25) is 9.59 Å². The number of fused-ring (bicyclic) bond motifs is 1. The summed E-state index contributed by atoms with van der Waals surface area (Å²) in [6.07, 6.45) is -3.08. The summed E-state index contributed by atoms with van der Waals surface area (Å²) in [7, 11) is 0.